The molecule has 1 fully saturated rings. The number of carbonyl (C=O) groups is 1. The van der Waals surface area contributed by atoms with Gasteiger partial charge in [-0.25, -0.2) is 4.79 Å². The Morgan fingerprint density at radius 3 is 2.55 bits per heavy atom. The summed E-state index contributed by atoms with van der Waals surface area (Å²) in [5, 5.41) is 7.01. The van der Waals surface area contributed by atoms with Crippen LogP contribution in [0.4, 0.5) is 10.5 Å². The quantitative estimate of drug-likeness (QED) is 0.635. The lowest BCUT2D eigenvalue weighted by atomic mass is 10.2. The molecule has 1 aromatic heterocycles. The maximum Gasteiger partial charge on any atom is 0.322 e. The van der Waals surface area contributed by atoms with Crippen molar-refractivity contribution in [3.05, 3.63) is 48.4 Å². The molecule has 1 saturated heterocycles. The molecule has 2 heterocycles. The fraction of sp³-hybridized carbons (Fsp3) is 0.318. The standard InChI is InChI=1S/C22H24N4O5/c1-28-15-11-14(12-16(13-15)29-2)23-22(27)26-10-6-8-18(26)21-24-20(25-31-21)17-7-4-5-9-19(17)30-3/h4-5,7,9,11-13,18H,6,8,10H2,1-3H3,(H,23,27)/t18-/m1/s1. The topological polar surface area (TPSA) is 99.0 Å². The molecule has 0 bridgehead atoms. The van der Waals surface area contributed by atoms with Crippen molar-refractivity contribution < 1.29 is 23.5 Å². The fourth-order valence-electron chi connectivity index (χ4n) is 3.65. The number of benzene rings is 2. The van der Waals surface area contributed by atoms with Crippen molar-refractivity contribution in [2.24, 2.45) is 0 Å². The molecule has 0 saturated carbocycles. The van der Waals surface area contributed by atoms with Crippen LogP contribution in [0.25, 0.3) is 11.4 Å². The SMILES string of the molecule is COc1cc(NC(=O)N2CCC[C@@H]2c2nc(-c3ccccc3OC)no2)cc(OC)c1. The van der Waals surface area contributed by atoms with Crippen LogP contribution in [0.3, 0.4) is 0 Å². The summed E-state index contributed by atoms with van der Waals surface area (Å²) in [6.07, 6.45) is 1.58. The van der Waals surface area contributed by atoms with Gasteiger partial charge in [0, 0.05) is 30.4 Å². The van der Waals surface area contributed by atoms with E-state index in [0.29, 0.717) is 41.2 Å². The van der Waals surface area contributed by atoms with Crippen molar-refractivity contribution in [1.82, 2.24) is 15.0 Å². The van der Waals surface area contributed by atoms with E-state index in [-0.39, 0.29) is 12.1 Å². The summed E-state index contributed by atoms with van der Waals surface area (Å²) in [5.41, 5.74) is 1.31. The molecule has 0 spiro atoms. The van der Waals surface area contributed by atoms with Gasteiger partial charge in [-0.1, -0.05) is 17.3 Å². The Hall–Kier alpha value is -3.75. The molecule has 0 unspecified atom stereocenters. The minimum Gasteiger partial charge on any atom is -0.497 e. The number of hydrogen-bond acceptors (Lipinski definition) is 7. The van der Waals surface area contributed by atoms with Crippen molar-refractivity contribution >= 4 is 11.7 Å². The molecule has 1 N–H and O–H groups in total. The molecule has 1 aliphatic rings. The molecule has 3 aromatic rings. The van der Waals surface area contributed by atoms with E-state index in [4.69, 9.17) is 18.7 Å². The second kappa shape index (κ2) is 8.95. The molecule has 9 nitrogen and oxygen atoms in total. The van der Waals surface area contributed by atoms with Gasteiger partial charge in [-0.3, -0.25) is 0 Å². The number of nitrogens with zero attached hydrogens (tertiary/aromatic N) is 3. The third-order valence-corrected chi connectivity index (χ3v) is 5.19. The highest BCUT2D eigenvalue weighted by Crippen LogP contribution is 2.34. The number of methoxy groups -OCH3 is 3. The smallest absolute Gasteiger partial charge is 0.322 e. The van der Waals surface area contributed by atoms with Crippen molar-refractivity contribution in [2.45, 2.75) is 18.9 Å². The summed E-state index contributed by atoms with van der Waals surface area (Å²) < 4.78 is 21.4. The number of anilines is 1. The molecule has 4 rings (SSSR count). The highest BCUT2D eigenvalue weighted by atomic mass is 16.5. The van der Waals surface area contributed by atoms with Crippen LogP contribution in [0.15, 0.2) is 47.0 Å². The van der Waals surface area contributed by atoms with E-state index in [1.807, 2.05) is 24.3 Å². The summed E-state index contributed by atoms with van der Waals surface area (Å²) in [6.45, 7) is 0.587. The molecule has 1 atom stereocenters. The van der Waals surface area contributed by atoms with Crippen LogP contribution >= 0.6 is 0 Å². The Bertz CT molecular complexity index is 1050. The van der Waals surface area contributed by atoms with Gasteiger partial charge in [-0.15, -0.1) is 0 Å². The molecule has 31 heavy (non-hydrogen) atoms. The molecule has 9 heteroatoms. The zero-order chi connectivity index (χ0) is 21.8. The molecular formula is C22H24N4O5. The summed E-state index contributed by atoms with van der Waals surface area (Å²) >= 11 is 0. The van der Waals surface area contributed by atoms with E-state index in [0.717, 1.165) is 18.4 Å². The molecule has 162 valence electrons. The highest BCUT2D eigenvalue weighted by Gasteiger charge is 2.34. The number of urea groups is 1. The van der Waals surface area contributed by atoms with E-state index in [2.05, 4.69) is 15.5 Å². The van der Waals surface area contributed by atoms with Crippen LogP contribution in [0.2, 0.25) is 0 Å². The first-order valence-electron chi connectivity index (χ1n) is 9.90. The van der Waals surface area contributed by atoms with Crippen molar-refractivity contribution in [2.75, 3.05) is 33.2 Å². The summed E-state index contributed by atoms with van der Waals surface area (Å²) in [6, 6.07) is 12.1. The first-order chi connectivity index (χ1) is 15.1. The van der Waals surface area contributed by atoms with Crippen LogP contribution in [0.1, 0.15) is 24.8 Å². The third kappa shape index (κ3) is 4.25. The van der Waals surface area contributed by atoms with E-state index in [1.165, 1.54) is 0 Å². The van der Waals surface area contributed by atoms with Crippen molar-refractivity contribution in [1.29, 1.82) is 0 Å². The monoisotopic (exact) mass is 424 g/mol. The average Bonchev–Trinajstić information content (AvgIpc) is 3.48. The number of likely N-dealkylation sites (tertiary alicyclic amines) is 1. The maximum absolute atomic E-state index is 13.0. The van der Waals surface area contributed by atoms with E-state index < -0.39 is 0 Å². The lowest BCUT2D eigenvalue weighted by molar-refractivity contribution is 0.193. The number of aromatic nitrogens is 2. The Morgan fingerprint density at radius 2 is 1.84 bits per heavy atom. The lowest BCUT2D eigenvalue weighted by Gasteiger charge is -2.22. The highest BCUT2D eigenvalue weighted by molar-refractivity contribution is 5.90. The Kier molecular flexibility index (Phi) is 5.92. The van der Waals surface area contributed by atoms with Crippen LogP contribution in [0.5, 0.6) is 17.2 Å². The van der Waals surface area contributed by atoms with E-state index >= 15 is 0 Å². The molecule has 1 aliphatic heterocycles. The number of amides is 2. The minimum absolute atomic E-state index is 0.255. The fourth-order valence-corrected chi connectivity index (χ4v) is 3.65. The number of carbonyl (C=O) groups excluding carboxylic acids is 1. The Labute approximate surface area is 179 Å². The van der Waals surface area contributed by atoms with Crippen LogP contribution in [-0.2, 0) is 0 Å². The average molecular weight is 424 g/mol. The zero-order valence-corrected chi connectivity index (χ0v) is 17.6. The van der Waals surface area contributed by atoms with Gasteiger partial charge in [-0.05, 0) is 25.0 Å². The van der Waals surface area contributed by atoms with Crippen LogP contribution in [0, 0.1) is 0 Å². The van der Waals surface area contributed by atoms with E-state index in [9.17, 15) is 4.79 Å². The Morgan fingerprint density at radius 1 is 1.10 bits per heavy atom. The summed E-state index contributed by atoms with van der Waals surface area (Å²) in [5.74, 6) is 2.66. The van der Waals surface area contributed by atoms with Gasteiger partial charge in [0.1, 0.15) is 23.3 Å². The van der Waals surface area contributed by atoms with Gasteiger partial charge in [0.05, 0.1) is 26.9 Å². The summed E-state index contributed by atoms with van der Waals surface area (Å²) in [7, 11) is 4.72. The van der Waals surface area contributed by atoms with Gasteiger partial charge in [-0.2, -0.15) is 4.98 Å². The van der Waals surface area contributed by atoms with Gasteiger partial charge >= 0.3 is 6.03 Å². The number of ether oxygens (including phenoxy) is 3. The minimum atomic E-state index is -0.302. The normalized spacial score (nSPS) is 15.6. The van der Waals surface area contributed by atoms with Gasteiger partial charge in [0.15, 0.2) is 0 Å². The predicted molar refractivity (Wildman–Crippen MR) is 114 cm³/mol. The summed E-state index contributed by atoms with van der Waals surface area (Å²) in [4.78, 5) is 19.2. The van der Waals surface area contributed by atoms with Gasteiger partial charge in [0.25, 0.3) is 0 Å². The van der Waals surface area contributed by atoms with Crippen molar-refractivity contribution in [3.8, 4) is 28.6 Å². The second-order valence-electron chi connectivity index (χ2n) is 7.04. The van der Waals surface area contributed by atoms with Crippen LogP contribution < -0.4 is 19.5 Å². The van der Waals surface area contributed by atoms with Crippen molar-refractivity contribution in [3.63, 3.8) is 0 Å². The van der Waals surface area contributed by atoms with E-state index in [1.54, 1.807) is 44.4 Å². The Balaban J connectivity index is 1.53. The molecule has 0 aliphatic carbocycles. The van der Waals surface area contributed by atoms with Crippen LogP contribution in [-0.4, -0.2) is 48.9 Å². The largest absolute Gasteiger partial charge is 0.497 e. The molecular weight excluding hydrogens is 400 g/mol. The first-order valence-corrected chi connectivity index (χ1v) is 9.90. The number of hydrogen-bond donors (Lipinski definition) is 1. The second-order valence-corrected chi connectivity index (χ2v) is 7.04. The zero-order valence-electron chi connectivity index (χ0n) is 17.6. The molecule has 0 radical (unpaired) electrons. The number of rotatable bonds is 6. The van der Waals surface area contributed by atoms with Gasteiger partial charge in [0.2, 0.25) is 11.7 Å². The molecule has 2 amide bonds. The third-order valence-electron chi connectivity index (χ3n) is 5.19. The number of para-hydroxylation sites is 1. The predicted octanol–water partition coefficient (Wildman–Crippen LogP) is 4.13. The lowest BCUT2D eigenvalue weighted by Crippen LogP contribution is -2.34. The molecule has 2 aromatic carbocycles. The maximum atomic E-state index is 13.0. The van der Waals surface area contributed by atoms with Gasteiger partial charge < -0.3 is 29.0 Å². The number of nitrogens with one attached hydrogen (secondary N) is 1. The first kappa shape index (κ1) is 20.5.